The summed E-state index contributed by atoms with van der Waals surface area (Å²) in [7, 11) is 0. The van der Waals surface area contributed by atoms with Crippen molar-refractivity contribution in [1.82, 2.24) is 15.6 Å². The van der Waals surface area contributed by atoms with Crippen LogP contribution >= 0.6 is 0 Å². The number of amides is 1. The molecule has 1 amide bonds. The van der Waals surface area contributed by atoms with E-state index in [1.165, 1.54) is 0 Å². The summed E-state index contributed by atoms with van der Waals surface area (Å²) in [6, 6.07) is 9.62. The van der Waals surface area contributed by atoms with Gasteiger partial charge in [-0.25, -0.2) is 13.8 Å². The first-order valence-corrected chi connectivity index (χ1v) is 7.61. The smallest absolute Gasteiger partial charge is 0.273 e. The second-order valence-corrected chi connectivity index (χ2v) is 5.75. The topological polar surface area (TPSA) is 74.2 Å². The molecule has 5 nitrogen and oxygen atoms in total. The van der Waals surface area contributed by atoms with E-state index >= 15 is 0 Å². The molecule has 24 heavy (non-hydrogen) atoms. The normalized spacial score (nSPS) is 23.7. The van der Waals surface area contributed by atoms with Crippen molar-refractivity contribution in [3.05, 3.63) is 65.5 Å². The molecule has 1 aliphatic heterocycles. The van der Waals surface area contributed by atoms with Crippen molar-refractivity contribution in [3.8, 4) is 0 Å². The van der Waals surface area contributed by atoms with Crippen LogP contribution in [-0.2, 0) is 5.54 Å². The first kappa shape index (κ1) is 16.5. The highest BCUT2D eigenvalue weighted by Crippen LogP contribution is 2.31. The summed E-state index contributed by atoms with van der Waals surface area (Å²) in [4.78, 5) is 16.0. The second kappa shape index (κ2) is 6.62. The van der Waals surface area contributed by atoms with Crippen molar-refractivity contribution < 1.29 is 18.7 Å². The number of hydrogen-bond acceptors (Lipinski definition) is 4. The Morgan fingerprint density at radius 2 is 2.08 bits per heavy atom. The molecule has 2 heterocycles. The van der Waals surface area contributed by atoms with Crippen LogP contribution in [0.25, 0.3) is 0 Å². The van der Waals surface area contributed by atoms with Crippen LogP contribution in [0.1, 0.15) is 22.5 Å². The minimum Gasteiger partial charge on any atom is -0.389 e. The first-order valence-electron chi connectivity index (χ1n) is 7.61. The molecule has 2 atom stereocenters. The fourth-order valence-electron chi connectivity index (χ4n) is 3.00. The van der Waals surface area contributed by atoms with Crippen molar-refractivity contribution in [2.45, 2.75) is 18.1 Å². The van der Waals surface area contributed by atoms with E-state index in [1.54, 1.807) is 24.3 Å². The monoisotopic (exact) mass is 333 g/mol. The summed E-state index contributed by atoms with van der Waals surface area (Å²) in [5.74, 6) is -2.69. The number of benzene rings is 1. The molecule has 1 aromatic heterocycles. The van der Waals surface area contributed by atoms with Gasteiger partial charge in [0.1, 0.15) is 5.82 Å². The van der Waals surface area contributed by atoms with Crippen LogP contribution in [0.3, 0.4) is 0 Å². The maximum Gasteiger partial charge on any atom is 0.273 e. The number of nitrogens with zero attached hydrogens (tertiary/aromatic N) is 1. The Kier molecular flexibility index (Phi) is 4.55. The van der Waals surface area contributed by atoms with Gasteiger partial charge in [0.2, 0.25) is 0 Å². The van der Waals surface area contributed by atoms with Crippen LogP contribution in [-0.4, -0.2) is 35.2 Å². The zero-order valence-corrected chi connectivity index (χ0v) is 12.8. The van der Waals surface area contributed by atoms with Crippen molar-refractivity contribution >= 4 is 5.91 Å². The Morgan fingerprint density at radius 1 is 1.33 bits per heavy atom. The van der Waals surface area contributed by atoms with Crippen LogP contribution < -0.4 is 10.6 Å². The molecule has 0 spiro atoms. The Balaban J connectivity index is 1.97. The molecule has 3 N–H and O–H groups in total. The zero-order chi connectivity index (χ0) is 17.2. The van der Waals surface area contributed by atoms with Crippen LogP contribution in [0.4, 0.5) is 8.78 Å². The average molecular weight is 333 g/mol. The third kappa shape index (κ3) is 3.00. The van der Waals surface area contributed by atoms with E-state index < -0.39 is 34.9 Å². The zero-order valence-electron chi connectivity index (χ0n) is 12.8. The van der Waals surface area contributed by atoms with Gasteiger partial charge in [0.25, 0.3) is 5.91 Å². The van der Waals surface area contributed by atoms with Crippen molar-refractivity contribution in [2.24, 2.45) is 0 Å². The van der Waals surface area contributed by atoms with Gasteiger partial charge >= 0.3 is 0 Å². The number of carbonyl (C=O) groups is 1. The van der Waals surface area contributed by atoms with E-state index in [9.17, 15) is 18.7 Å². The molecule has 0 saturated carbocycles. The molecule has 1 aromatic carbocycles. The van der Waals surface area contributed by atoms with Gasteiger partial charge in [0, 0.05) is 12.6 Å². The molecule has 126 valence electrons. The lowest BCUT2D eigenvalue weighted by Crippen LogP contribution is -2.61. The Labute approximate surface area is 137 Å². The lowest BCUT2D eigenvalue weighted by atomic mass is 9.79. The molecule has 0 radical (unpaired) electrons. The summed E-state index contributed by atoms with van der Waals surface area (Å²) in [6.45, 7) is 0.861. The van der Waals surface area contributed by atoms with E-state index in [4.69, 9.17) is 0 Å². The van der Waals surface area contributed by atoms with Gasteiger partial charge in [0.05, 0.1) is 17.8 Å². The maximum atomic E-state index is 13.8. The maximum absolute atomic E-state index is 13.8. The lowest BCUT2D eigenvalue weighted by molar-refractivity contribution is 0.0286. The van der Waals surface area contributed by atoms with Gasteiger partial charge in [-0.3, -0.25) is 4.79 Å². The number of aliphatic hydroxyl groups is 1. The number of β-amino-alcohol motifs (C(OH)–C–C–N with tert-alkyl or cyclic N) is 1. The summed E-state index contributed by atoms with van der Waals surface area (Å²) < 4.78 is 26.8. The second-order valence-electron chi connectivity index (χ2n) is 5.75. The molecule has 1 saturated heterocycles. The number of carbonyl (C=O) groups excluding carboxylic acids is 1. The van der Waals surface area contributed by atoms with Gasteiger partial charge in [0.15, 0.2) is 11.5 Å². The molecule has 3 rings (SSSR count). The molecule has 0 unspecified atom stereocenters. The summed E-state index contributed by atoms with van der Waals surface area (Å²) in [6.07, 6.45) is 0.305. The van der Waals surface area contributed by atoms with Crippen LogP contribution in [0.15, 0.2) is 42.6 Å². The first-order chi connectivity index (χ1) is 11.5. The molecule has 1 fully saturated rings. The number of pyridine rings is 1. The quantitative estimate of drug-likeness (QED) is 0.792. The number of piperidine rings is 1. The standard InChI is InChI=1S/C17H17F2N3O2/c18-12-8-13(19)15(21-9-12)16(24)22-17(6-7-20-10-14(17)23)11-4-2-1-3-5-11/h1-5,8-9,14,20,23H,6-7,10H2,(H,22,24)/t14-,17-/m1/s1. The van der Waals surface area contributed by atoms with Crippen LogP contribution in [0.5, 0.6) is 0 Å². The van der Waals surface area contributed by atoms with E-state index in [-0.39, 0.29) is 6.54 Å². The number of rotatable bonds is 3. The SMILES string of the molecule is O=C(N[C@@]1(c2ccccc2)CCNC[C@H]1O)c1ncc(F)cc1F. The van der Waals surface area contributed by atoms with Crippen LogP contribution in [0, 0.1) is 11.6 Å². The van der Waals surface area contributed by atoms with Gasteiger partial charge in [-0.15, -0.1) is 0 Å². The number of aliphatic hydroxyl groups excluding tert-OH is 1. The fraction of sp³-hybridized carbons (Fsp3) is 0.294. The molecule has 0 bridgehead atoms. The molecular weight excluding hydrogens is 316 g/mol. The summed E-state index contributed by atoms with van der Waals surface area (Å²) >= 11 is 0. The molecular formula is C17H17F2N3O2. The van der Waals surface area contributed by atoms with Crippen molar-refractivity contribution in [1.29, 1.82) is 0 Å². The predicted molar refractivity (Wildman–Crippen MR) is 83.2 cm³/mol. The highest BCUT2D eigenvalue weighted by Gasteiger charge is 2.43. The van der Waals surface area contributed by atoms with Crippen LogP contribution in [0.2, 0.25) is 0 Å². The van der Waals surface area contributed by atoms with E-state index in [0.717, 1.165) is 11.8 Å². The molecule has 1 aliphatic rings. The molecule has 2 aromatic rings. The highest BCUT2D eigenvalue weighted by atomic mass is 19.1. The minimum absolute atomic E-state index is 0.286. The van der Waals surface area contributed by atoms with Gasteiger partial charge in [-0.2, -0.15) is 0 Å². The third-order valence-corrected chi connectivity index (χ3v) is 4.25. The number of hydrogen-bond donors (Lipinski definition) is 3. The third-order valence-electron chi connectivity index (χ3n) is 4.25. The van der Waals surface area contributed by atoms with E-state index in [1.807, 2.05) is 6.07 Å². The largest absolute Gasteiger partial charge is 0.389 e. The average Bonchev–Trinajstić information content (AvgIpc) is 2.57. The predicted octanol–water partition coefficient (Wildman–Crippen LogP) is 1.34. The van der Waals surface area contributed by atoms with E-state index in [2.05, 4.69) is 15.6 Å². The Morgan fingerprint density at radius 3 is 2.75 bits per heavy atom. The Hall–Kier alpha value is -2.38. The van der Waals surface area contributed by atoms with Crippen molar-refractivity contribution in [2.75, 3.05) is 13.1 Å². The molecule has 7 heteroatoms. The highest BCUT2D eigenvalue weighted by molar-refractivity contribution is 5.93. The number of aromatic nitrogens is 1. The van der Waals surface area contributed by atoms with Gasteiger partial charge in [-0.1, -0.05) is 30.3 Å². The Bertz CT molecular complexity index is 742. The number of nitrogens with one attached hydrogen (secondary N) is 2. The van der Waals surface area contributed by atoms with E-state index in [0.29, 0.717) is 19.0 Å². The summed E-state index contributed by atoms with van der Waals surface area (Å²) in [5, 5.41) is 16.3. The summed E-state index contributed by atoms with van der Waals surface area (Å²) in [5.41, 5.74) is -0.848. The number of halogens is 2. The van der Waals surface area contributed by atoms with Gasteiger partial charge in [-0.05, 0) is 18.5 Å². The fourth-order valence-corrected chi connectivity index (χ4v) is 3.00. The van der Waals surface area contributed by atoms with Crippen molar-refractivity contribution in [3.63, 3.8) is 0 Å². The molecule has 0 aliphatic carbocycles. The van der Waals surface area contributed by atoms with Gasteiger partial charge < -0.3 is 15.7 Å². The lowest BCUT2D eigenvalue weighted by Gasteiger charge is -2.42. The minimum atomic E-state index is -1.06.